The molecule has 2 atom stereocenters. The Morgan fingerprint density at radius 1 is 1.47 bits per heavy atom. The van der Waals surface area contributed by atoms with Crippen molar-refractivity contribution in [3.63, 3.8) is 0 Å². The third-order valence-electron chi connectivity index (χ3n) is 3.02. The Balaban J connectivity index is 2.10. The van der Waals surface area contributed by atoms with Crippen molar-refractivity contribution in [2.75, 3.05) is 11.9 Å². The van der Waals surface area contributed by atoms with E-state index in [2.05, 4.69) is 10.6 Å². The van der Waals surface area contributed by atoms with Gasteiger partial charge in [-0.05, 0) is 31.0 Å². The fourth-order valence-corrected chi connectivity index (χ4v) is 2.00. The van der Waals surface area contributed by atoms with Gasteiger partial charge in [0, 0.05) is 0 Å². The van der Waals surface area contributed by atoms with Gasteiger partial charge in [-0.15, -0.1) is 0 Å². The number of rotatable bonds is 2. The Kier molecular flexibility index (Phi) is 3.38. The molecule has 0 radical (unpaired) electrons. The molecule has 0 aliphatic carbocycles. The van der Waals surface area contributed by atoms with Gasteiger partial charge >= 0.3 is 0 Å². The summed E-state index contributed by atoms with van der Waals surface area (Å²) < 4.78 is 26.3. The molecule has 0 saturated carbocycles. The normalized spacial score (nSPS) is 23.7. The Bertz CT molecular complexity index is 437. The lowest BCUT2D eigenvalue weighted by atomic mass is 10.0. The smallest absolute Gasteiger partial charge is 0.241 e. The maximum atomic E-state index is 13.3. The standard InChI is InChI=1S/C12H14F2N2O/c1-7-5-6-15-11(7)12(17)16-9-4-2-3-8(13)10(9)14/h2-4,7,11,15H,5-6H2,1H3,(H,16,17). The van der Waals surface area contributed by atoms with Gasteiger partial charge in [0.2, 0.25) is 5.91 Å². The predicted octanol–water partition coefficient (Wildman–Crippen LogP) is 1.90. The minimum Gasteiger partial charge on any atom is -0.322 e. The largest absolute Gasteiger partial charge is 0.322 e. The number of hydrogen-bond donors (Lipinski definition) is 2. The molecule has 1 aliphatic heterocycles. The summed E-state index contributed by atoms with van der Waals surface area (Å²) in [6.07, 6.45) is 0.906. The third kappa shape index (κ3) is 2.44. The Morgan fingerprint density at radius 2 is 2.24 bits per heavy atom. The fourth-order valence-electron chi connectivity index (χ4n) is 2.00. The van der Waals surface area contributed by atoms with Crippen LogP contribution in [0.3, 0.4) is 0 Å². The van der Waals surface area contributed by atoms with Crippen molar-refractivity contribution >= 4 is 11.6 Å². The lowest BCUT2D eigenvalue weighted by molar-refractivity contribution is -0.118. The quantitative estimate of drug-likeness (QED) is 0.829. The molecule has 1 aliphatic rings. The number of benzene rings is 1. The van der Waals surface area contributed by atoms with Crippen LogP contribution in [0.4, 0.5) is 14.5 Å². The van der Waals surface area contributed by atoms with Gasteiger partial charge in [0.25, 0.3) is 0 Å². The van der Waals surface area contributed by atoms with E-state index in [9.17, 15) is 13.6 Å². The minimum absolute atomic E-state index is 0.115. The highest BCUT2D eigenvalue weighted by molar-refractivity contribution is 5.95. The van der Waals surface area contributed by atoms with E-state index < -0.39 is 11.6 Å². The van der Waals surface area contributed by atoms with Crippen molar-refractivity contribution in [3.8, 4) is 0 Å². The second-order valence-electron chi connectivity index (χ2n) is 4.29. The van der Waals surface area contributed by atoms with E-state index in [0.717, 1.165) is 19.0 Å². The molecule has 1 aromatic rings. The summed E-state index contributed by atoms with van der Waals surface area (Å²) in [5.41, 5.74) is -0.115. The van der Waals surface area contributed by atoms with Gasteiger partial charge in [0.15, 0.2) is 11.6 Å². The summed E-state index contributed by atoms with van der Waals surface area (Å²) in [4.78, 5) is 11.8. The zero-order chi connectivity index (χ0) is 12.4. The first-order valence-corrected chi connectivity index (χ1v) is 5.58. The van der Waals surface area contributed by atoms with E-state index in [1.807, 2.05) is 6.92 Å². The Labute approximate surface area is 98.2 Å². The summed E-state index contributed by atoms with van der Waals surface area (Å²) in [6.45, 7) is 2.72. The number of amides is 1. The second kappa shape index (κ2) is 4.79. The molecular weight excluding hydrogens is 226 g/mol. The fraction of sp³-hybridized carbons (Fsp3) is 0.417. The van der Waals surface area contributed by atoms with E-state index in [1.54, 1.807) is 0 Å². The van der Waals surface area contributed by atoms with Crippen molar-refractivity contribution < 1.29 is 13.6 Å². The van der Waals surface area contributed by atoms with Gasteiger partial charge < -0.3 is 10.6 Å². The zero-order valence-electron chi connectivity index (χ0n) is 9.47. The molecule has 1 fully saturated rings. The second-order valence-corrected chi connectivity index (χ2v) is 4.29. The highest BCUT2D eigenvalue weighted by atomic mass is 19.2. The van der Waals surface area contributed by atoms with E-state index in [0.29, 0.717) is 0 Å². The molecule has 5 heteroatoms. The highest BCUT2D eigenvalue weighted by Gasteiger charge is 2.29. The van der Waals surface area contributed by atoms with Crippen LogP contribution < -0.4 is 10.6 Å². The van der Waals surface area contributed by atoms with Crippen LogP contribution in [0.15, 0.2) is 18.2 Å². The topological polar surface area (TPSA) is 41.1 Å². The number of carbonyl (C=O) groups is 1. The maximum absolute atomic E-state index is 13.3. The van der Waals surface area contributed by atoms with E-state index in [-0.39, 0.29) is 23.6 Å². The van der Waals surface area contributed by atoms with E-state index in [4.69, 9.17) is 0 Å². The van der Waals surface area contributed by atoms with Crippen molar-refractivity contribution in [1.82, 2.24) is 5.32 Å². The van der Waals surface area contributed by atoms with E-state index >= 15 is 0 Å². The molecule has 17 heavy (non-hydrogen) atoms. The summed E-state index contributed by atoms with van der Waals surface area (Å²) in [6, 6.07) is 3.38. The first-order valence-electron chi connectivity index (χ1n) is 5.58. The Hall–Kier alpha value is -1.49. The van der Waals surface area contributed by atoms with Crippen molar-refractivity contribution in [2.45, 2.75) is 19.4 Å². The number of halogens is 2. The molecule has 2 unspecified atom stereocenters. The van der Waals surface area contributed by atoms with Crippen molar-refractivity contribution in [3.05, 3.63) is 29.8 Å². The third-order valence-corrected chi connectivity index (χ3v) is 3.02. The molecule has 0 aromatic heterocycles. The van der Waals surface area contributed by atoms with Gasteiger partial charge in [0.05, 0.1) is 11.7 Å². The van der Waals surface area contributed by atoms with Crippen LogP contribution in [0.1, 0.15) is 13.3 Å². The van der Waals surface area contributed by atoms with Crippen molar-refractivity contribution in [1.29, 1.82) is 0 Å². The van der Waals surface area contributed by atoms with Crippen LogP contribution in [0.2, 0.25) is 0 Å². The molecular formula is C12H14F2N2O. The SMILES string of the molecule is CC1CCNC1C(=O)Nc1cccc(F)c1F. The van der Waals surface area contributed by atoms with Crippen LogP contribution in [0.5, 0.6) is 0 Å². The molecule has 3 nitrogen and oxygen atoms in total. The van der Waals surface area contributed by atoms with Crippen LogP contribution in [0.25, 0.3) is 0 Å². The average molecular weight is 240 g/mol. The molecule has 2 rings (SSSR count). The monoisotopic (exact) mass is 240 g/mol. The summed E-state index contributed by atoms with van der Waals surface area (Å²) >= 11 is 0. The molecule has 1 saturated heterocycles. The summed E-state index contributed by atoms with van der Waals surface area (Å²) in [5.74, 6) is -2.10. The highest BCUT2D eigenvalue weighted by Crippen LogP contribution is 2.19. The lowest BCUT2D eigenvalue weighted by Gasteiger charge is -2.15. The van der Waals surface area contributed by atoms with Crippen LogP contribution in [-0.4, -0.2) is 18.5 Å². The number of carbonyl (C=O) groups excluding carboxylic acids is 1. The van der Waals surface area contributed by atoms with Gasteiger partial charge in [-0.1, -0.05) is 13.0 Å². The van der Waals surface area contributed by atoms with Crippen LogP contribution in [-0.2, 0) is 4.79 Å². The lowest BCUT2D eigenvalue weighted by Crippen LogP contribution is -2.39. The average Bonchev–Trinajstić information content (AvgIpc) is 2.71. The van der Waals surface area contributed by atoms with Gasteiger partial charge in [-0.25, -0.2) is 8.78 Å². The number of anilines is 1. The Morgan fingerprint density at radius 3 is 2.88 bits per heavy atom. The molecule has 1 amide bonds. The molecule has 92 valence electrons. The zero-order valence-corrected chi connectivity index (χ0v) is 9.47. The first-order chi connectivity index (χ1) is 8.09. The molecule has 0 spiro atoms. The summed E-state index contributed by atoms with van der Waals surface area (Å²) in [7, 11) is 0. The van der Waals surface area contributed by atoms with Crippen LogP contribution in [0, 0.1) is 17.6 Å². The first kappa shape index (κ1) is 12.0. The molecule has 1 heterocycles. The van der Waals surface area contributed by atoms with E-state index in [1.165, 1.54) is 12.1 Å². The summed E-state index contributed by atoms with van der Waals surface area (Å²) in [5, 5.41) is 5.44. The van der Waals surface area contributed by atoms with Crippen LogP contribution >= 0.6 is 0 Å². The van der Waals surface area contributed by atoms with Gasteiger partial charge in [-0.3, -0.25) is 4.79 Å². The number of hydrogen-bond acceptors (Lipinski definition) is 2. The van der Waals surface area contributed by atoms with Gasteiger partial charge in [0.1, 0.15) is 0 Å². The molecule has 1 aromatic carbocycles. The minimum atomic E-state index is -1.02. The van der Waals surface area contributed by atoms with Crippen molar-refractivity contribution in [2.24, 2.45) is 5.92 Å². The molecule has 2 N–H and O–H groups in total. The van der Waals surface area contributed by atoms with Gasteiger partial charge in [-0.2, -0.15) is 0 Å². The molecule has 0 bridgehead atoms. The predicted molar refractivity (Wildman–Crippen MR) is 60.6 cm³/mol. The number of nitrogens with one attached hydrogen (secondary N) is 2. The maximum Gasteiger partial charge on any atom is 0.241 e.